The summed E-state index contributed by atoms with van der Waals surface area (Å²) in [5.41, 5.74) is 11.0. The zero-order valence-electron chi connectivity index (χ0n) is 15.6. The highest BCUT2D eigenvalue weighted by molar-refractivity contribution is 5.95. The van der Waals surface area contributed by atoms with Gasteiger partial charge in [-0.3, -0.25) is 0 Å². The van der Waals surface area contributed by atoms with Gasteiger partial charge in [-0.25, -0.2) is 4.79 Å². The quantitative estimate of drug-likeness (QED) is 0.813. The zero-order valence-corrected chi connectivity index (χ0v) is 16.4. The first-order chi connectivity index (χ1) is 12.5. The van der Waals surface area contributed by atoms with Gasteiger partial charge in [-0.2, -0.15) is 0 Å². The molecule has 0 amide bonds. The summed E-state index contributed by atoms with van der Waals surface area (Å²) in [7, 11) is 1.66. The summed E-state index contributed by atoms with van der Waals surface area (Å²) in [6.07, 6.45) is 1.42. The molecule has 5 nitrogen and oxygen atoms in total. The lowest BCUT2D eigenvalue weighted by Crippen LogP contribution is -2.26. The number of methoxy groups -OCH3 is 1. The second-order valence-electron chi connectivity index (χ2n) is 7.16. The molecule has 2 aliphatic heterocycles. The highest BCUT2D eigenvalue weighted by Crippen LogP contribution is 2.36. The number of hydrogen-bond donors (Lipinski definition) is 1. The van der Waals surface area contributed by atoms with E-state index in [1.165, 1.54) is 0 Å². The Morgan fingerprint density at radius 1 is 1.26 bits per heavy atom. The molecule has 2 aromatic carbocycles. The third-order valence-electron chi connectivity index (χ3n) is 5.40. The van der Waals surface area contributed by atoms with E-state index < -0.39 is 0 Å². The van der Waals surface area contributed by atoms with Crippen molar-refractivity contribution in [1.82, 2.24) is 0 Å². The van der Waals surface area contributed by atoms with E-state index in [9.17, 15) is 4.79 Å². The highest BCUT2D eigenvalue weighted by atomic mass is 35.5. The van der Waals surface area contributed by atoms with Crippen molar-refractivity contribution in [1.29, 1.82) is 0 Å². The first-order valence-electron chi connectivity index (χ1n) is 9.04. The number of hydrogen-bond acceptors (Lipinski definition) is 5. The molecule has 1 fully saturated rings. The van der Waals surface area contributed by atoms with Crippen molar-refractivity contribution in [3.05, 3.63) is 58.7 Å². The van der Waals surface area contributed by atoms with E-state index >= 15 is 0 Å². The second kappa shape index (κ2) is 7.79. The molecule has 0 aliphatic carbocycles. The average molecular weight is 389 g/mol. The minimum Gasteiger partial charge on any atom is -0.497 e. The van der Waals surface area contributed by atoms with Crippen LogP contribution >= 0.6 is 12.4 Å². The predicted molar refractivity (Wildman–Crippen MR) is 108 cm³/mol. The second-order valence-corrected chi connectivity index (χ2v) is 7.16. The fraction of sp³-hybridized carbons (Fsp3) is 0.381. The van der Waals surface area contributed by atoms with Crippen molar-refractivity contribution in [3.8, 4) is 5.75 Å². The van der Waals surface area contributed by atoms with Gasteiger partial charge >= 0.3 is 5.97 Å². The maximum absolute atomic E-state index is 12.4. The Morgan fingerprint density at radius 2 is 2.07 bits per heavy atom. The van der Waals surface area contributed by atoms with E-state index in [0.29, 0.717) is 12.0 Å². The van der Waals surface area contributed by atoms with E-state index in [0.717, 1.165) is 47.6 Å². The van der Waals surface area contributed by atoms with E-state index in [1.54, 1.807) is 7.11 Å². The standard InChI is InChI=1S/C21H24N2O3.ClH/c1-13-9-17(25-2)5-3-14(13)10-20-18-6-4-16(11-19(18)21(24)26-20)23-8-7-15(22)12-23;/h3-6,9,11,15,20H,7-8,10,12,22H2,1-2H3;1H/t15-,20?;/m1./s1. The minimum absolute atomic E-state index is 0. The Kier molecular flexibility index (Phi) is 5.63. The van der Waals surface area contributed by atoms with Crippen LogP contribution in [0.2, 0.25) is 0 Å². The summed E-state index contributed by atoms with van der Waals surface area (Å²) >= 11 is 0. The number of aryl methyl sites for hydroxylation is 1. The van der Waals surface area contributed by atoms with Gasteiger partial charge in [-0.15, -0.1) is 12.4 Å². The lowest BCUT2D eigenvalue weighted by Gasteiger charge is -2.19. The SMILES string of the molecule is COc1ccc(CC2OC(=O)c3cc(N4CC[C@@H](N)C4)ccc32)c(C)c1.Cl. The van der Waals surface area contributed by atoms with Crippen molar-refractivity contribution < 1.29 is 14.3 Å². The van der Waals surface area contributed by atoms with Gasteiger partial charge < -0.3 is 20.1 Å². The van der Waals surface area contributed by atoms with Crippen LogP contribution in [-0.4, -0.2) is 32.2 Å². The molecule has 0 spiro atoms. The zero-order chi connectivity index (χ0) is 18.3. The van der Waals surface area contributed by atoms with Crippen LogP contribution in [0.25, 0.3) is 0 Å². The van der Waals surface area contributed by atoms with Crippen LogP contribution in [0.3, 0.4) is 0 Å². The van der Waals surface area contributed by atoms with Crippen LogP contribution in [0.15, 0.2) is 36.4 Å². The lowest BCUT2D eigenvalue weighted by atomic mass is 9.96. The van der Waals surface area contributed by atoms with Crippen molar-refractivity contribution in [2.24, 2.45) is 5.73 Å². The largest absolute Gasteiger partial charge is 0.497 e. The number of anilines is 1. The number of cyclic esters (lactones) is 1. The van der Waals surface area contributed by atoms with Gasteiger partial charge in [-0.05, 0) is 48.7 Å². The summed E-state index contributed by atoms with van der Waals surface area (Å²) in [5.74, 6) is 0.602. The van der Waals surface area contributed by atoms with Gasteiger partial charge in [-0.1, -0.05) is 12.1 Å². The molecule has 2 N–H and O–H groups in total. The van der Waals surface area contributed by atoms with Crippen LogP contribution in [0.1, 0.15) is 39.6 Å². The summed E-state index contributed by atoms with van der Waals surface area (Å²) in [5, 5.41) is 0. The number of esters is 1. The van der Waals surface area contributed by atoms with Gasteiger partial charge in [0.1, 0.15) is 11.9 Å². The van der Waals surface area contributed by atoms with Gasteiger partial charge in [0, 0.05) is 36.8 Å². The number of carbonyl (C=O) groups excluding carboxylic acids is 1. The normalized spacial score (nSPS) is 20.9. The van der Waals surface area contributed by atoms with E-state index in [2.05, 4.69) is 17.9 Å². The molecular weight excluding hydrogens is 364 g/mol. The fourth-order valence-corrected chi connectivity index (χ4v) is 3.85. The number of ether oxygens (including phenoxy) is 2. The van der Waals surface area contributed by atoms with E-state index in [4.69, 9.17) is 15.2 Å². The van der Waals surface area contributed by atoms with Crippen LogP contribution in [0, 0.1) is 6.92 Å². The predicted octanol–water partition coefficient (Wildman–Crippen LogP) is 3.42. The topological polar surface area (TPSA) is 64.8 Å². The van der Waals surface area contributed by atoms with Crippen LogP contribution < -0.4 is 15.4 Å². The summed E-state index contributed by atoms with van der Waals surface area (Å²) in [4.78, 5) is 14.6. The van der Waals surface area contributed by atoms with Crippen molar-refractivity contribution in [3.63, 3.8) is 0 Å². The molecule has 0 saturated carbocycles. The molecular formula is C21H25ClN2O3. The molecule has 1 unspecified atom stereocenters. The molecule has 0 aromatic heterocycles. The van der Waals surface area contributed by atoms with Gasteiger partial charge in [0.25, 0.3) is 0 Å². The van der Waals surface area contributed by atoms with Crippen molar-refractivity contribution in [2.75, 3.05) is 25.1 Å². The first-order valence-corrected chi connectivity index (χ1v) is 9.04. The lowest BCUT2D eigenvalue weighted by molar-refractivity contribution is 0.0386. The van der Waals surface area contributed by atoms with E-state index in [1.807, 2.05) is 30.3 Å². The molecule has 0 radical (unpaired) electrons. The molecule has 144 valence electrons. The Bertz CT molecular complexity index is 855. The van der Waals surface area contributed by atoms with Crippen LogP contribution in [-0.2, 0) is 11.2 Å². The molecule has 2 heterocycles. The number of rotatable bonds is 4. The third kappa shape index (κ3) is 3.75. The molecule has 27 heavy (non-hydrogen) atoms. The first kappa shape index (κ1) is 19.5. The van der Waals surface area contributed by atoms with Crippen LogP contribution in [0.5, 0.6) is 5.75 Å². The fourth-order valence-electron chi connectivity index (χ4n) is 3.85. The van der Waals surface area contributed by atoms with E-state index in [-0.39, 0.29) is 30.5 Å². The number of nitrogens with two attached hydrogens (primary N) is 1. The maximum Gasteiger partial charge on any atom is 0.339 e. The maximum atomic E-state index is 12.4. The number of benzene rings is 2. The number of carbonyl (C=O) groups is 1. The molecule has 0 bridgehead atoms. The van der Waals surface area contributed by atoms with Crippen molar-refractivity contribution in [2.45, 2.75) is 31.9 Å². The smallest absolute Gasteiger partial charge is 0.339 e. The Morgan fingerprint density at radius 3 is 2.74 bits per heavy atom. The number of nitrogens with zero attached hydrogens (tertiary/aromatic N) is 1. The monoisotopic (exact) mass is 388 g/mol. The highest BCUT2D eigenvalue weighted by Gasteiger charge is 2.32. The molecule has 2 atom stereocenters. The summed E-state index contributed by atoms with van der Waals surface area (Å²) < 4.78 is 10.9. The van der Waals surface area contributed by atoms with Crippen molar-refractivity contribution >= 4 is 24.1 Å². The molecule has 1 saturated heterocycles. The third-order valence-corrected chi connectivity index (χ3v) is 5.40. The number of halogens is 1. The summed E-state index contributed by atoms with van der Waals surface area (Å²) in [6.45, 7) is 3.82. The number of fused-ring (bicyclic) bond motifs is 1. The molecule has 6 heteroatoms. The van der Waals surface area contributed by atoms with Gasteiger partial charge in [0.2, 0.25) is 0 Å². The average Bonchev–Trinajstić information content (AvgIpc) is 3.20. The summed E-state index contributed by atoms with van der Waals surface area (Å²) in [6, 6.07) is 12.3. The Balaban J connectivity index is 0.00000210. The molecule has 2 aliphatic rings. The van der Waals surface area contributed by atoms with Gasteiger partial charge in [0.05, 0.1) is 12.7 Å². The Hall–Kier alpha value is -2.24. The molecule has 4 rings (SSSR count). The van der Waals surface area contributed by atoms with Gasteiger partial charge in [0.15, 0.2) is 0 Å². The Labute approximate surface area is 165 Å². The molecule has 2 aromatic rings. The van der Waals surface area contributed by atoms with Crippen LogP contribution in [0.4, 0.5) is 5.69 Å². The minimum atomic E-state index is -0.237.